The minimum atomic E-state index is -0.263. The molecule has 170 valence electrons. The van der Waals surface area contributed by atoms with Gasteiger partial charge in [-0.25, -0.2) is 0 Å². The minimum Gasteiger partial charge on any atom is -0.497 e. The summed E-state index contributed by atoms with van der Waals surface area (Å²) in [5, 5.41) is 8.84. The van der Waals surface area contributed by atoms with E-state index in [1.54, 1.807) is 49.6 Å². The van der Waals surface area contributed by atoms with Crippen LogP contribution in [-0.4, -0.2) is 38.6 Å². The molecule has 0 radical (unpaired) electrons. The third-order valence-corrected chi connectivity index (χ3v) is 5.58. The molecule has 0 saturated carbocycles. The molecule has 3 aromatic rings. The number of para-hydroxylation sites is 1. The molecule has 0 atom stereocenters. The summed E-state index contributed by atoms with van der Waals surface area (Å²) >= 11 is 0. The Morgan fingerprint density at radius 3 is 2.18 bits per heavy atom. The molecule has 0 unspecified atom stereocenters. The Morgan fingerprint density at radius 1 is 0.848 bits per heavy atom. The molecule has 33 heavy (non-hydrogen) atoms. The normalized spacial score (nSPS) is 12.8. The van der Waals surface area contributed by atoms with Gasteiger partial charge in [0.25, 0.3) is 5.91 Å². The standard InChI is InChI=1S/C26H28N4O3/c1-33-22-14-10-20(11-15-22)29-26(32)23-6-2-3-7-24(23)27-18-25(31)28-19-8-12-21(13-9-19)30-16-4-5-17-30/h2-3,6-15,27H,4-5,16-18H2,1H3,(H,28,31)(H,29,32). The number of nitrogens with one attached hydrogen (secondary N) is 3. The van der Waals surface area contributed by atoms with Gasteiger partial charge in [0.15, 0.2) is 0 Å². The second-order valence-electron chi connectivity index (χ2n) is 7.87. The van der Waals surface area contributed by atoms with Gasteiger partial charge in [0.1, 0.15) is 5.75 Å². The van der Waals surface area contributed by atoms with E-state index in [0.29, 0.717) is 22.7 Å². The van der Waals surface area contributed by atoms with Crippen molar-refractivity contribution in [2.24, 2.45) is 0 Å². The average molecular weight is 445 g/mol. The molecule has 1 aliphatic rings. The van der Waals surface area contributed by atoms with Gasteiger partial charge in [0, 0.05) is 35.8 Å². The smallest absolute Gasteiger partial charge is 0.257 e. The molecule has 1 aliphatic heterocycles. The third kappa shape index (κ3) is 5.83. The van der Waals surface area contributed by atoms with E-state index >= 15 is 0 Å². The minimum absolute atomic E-state index is 0.0424. The van der Waals surface area contributed by atoms with Gasteiger partial charge in [-0.2, -0.15) is 0 Å². The Balaban J connectivity index is 1.33. The van der Waals surface area contributed by atoms with Crippen LogP contribution in [0.15, 0.2) is 72.8 Å². The van der Waals surface area contributed by atoms with E-state index in [2.05, 4.69) is 20.9 Å². The van der Waals surface area contributed by atoms with Crippen LogP contribution in [0.25, 0.3) is 0 Å². The summed E-state index contributed by atoms with van der Waals surface area (Å²) in [5.74, 6) is 0.266. The van der Waals surface area contributed by atoms with Gasteiger partial charge in [0.05, 0.1) is 19.2 Å². The second-order valence-corrected chi connectivity index (χ2v) is 7.87. The van der Waals surface area contributed by atoms with Crippen molar-refractivity contribution < 1.29 is 14.3 Å². The number of anilines is 4. The first-order valence-corrected chi connectivity index (χ1v) is 11.1. The van der Waals surface area contributed by atoms with Crippen molar-refractivity contribution >= 4 is 34.6 Å². The lowest BCUT2D eigenvalue weighted by molar-refractivity contribution is -0.114. The van der Waals surface area contributed by atoms with Crippen molar-refractivity contribution in [1.82, 2.24) is 0 Å². The van der Waals surface area contributed by atoms with E-state index in [1.807, 2.05) is 30.3 Å². The predicted octanol–water partition coefficient (Wildman–Crippen LogP) is 4.60. The predicted molar refractivity (Wildman–Crippen MR) is 132 cm³/mol. The number of hydrogen-bond donors (Lipinski definition) is 3. The highest BCUT2D eigenvalue weighted by Gasteiger charge is 2.14. The number of nitrogens with zero attached hydrogens (tertiary/aromatic N) is 1. The summed E-state index contributed by atoms with van der Waals surface area (Å²) < 4.78 is 5.14. The number of ether oxygens (including phenoxy) is 1. The summed E-state index contributed by atoms with van der Waals surface area (Å²) in [6.07, 6.45) is 2.45. The largest absolute Gasteiger partial charge is 0.497 e. The maximum Gasteiger partial charge on any atom is 0.257 e. The Labute approximate surface area is 193 Å². The molecule has 2 amide bonds. The summed E-state index contributed by atoms with van der Waals surface area (Å²) in [5.41, 5.74) is 3.63. The molecule has 0 spiro atoms. The van der Waals surface area contributed by atoms with Crippen LogP contribution in [0.3, 0.4) is 0 Å². The molecular formula is C26H28N4O3. The molecule has 1 heterocycles. The molecule has 7 nitrogen and oxygen atoms in total. The lowest BCUT2D eigenvalue weighted by Gasteiger charge is -2.18. The second kappa shape index (κ2) is 10.5. The molecule has 0 aliphatic carbocycles. The highest BCUT2D eigenvalue weighted by atomic mass is 16.5. The summed E-state index contributed by atoms with van der Waals surface area (Å²) in [7, 11) is 1.59. The number of rotatable bonds is 8. The van der Waals surface area contributed by atoms with Crippen LogP contribution < -0.4 is 25.6 Å². The number of hydrogen-bond acceptors (Lipinski definition) is 5. The summed E-state index contributed by atoms with van der Waals surface area (Å²) in [4.78, 5) is 27.6. The number of carbonyl (C=O) groups excluding carboxylic acids is 2. The van der Waals surface area contributed by atoms with E-state index < -0.39 is 0 Å². The SMILES string of the molecule is COc1ccc(NC(=O)c2ccccc2NCC(=O)Nc2ccc(N3CCCC3)cc2)cc1. The van der Waals surface area contributed by atoms with Gasteiger partial charge in [-0.1, -0.05) is 12.1 Å². The molecule has 0 bridgehead atoms. The molecule has 1 fully saturated rings. The van der Waals surface area contributed by atoms with Crippen molar-refractivity contribution in [3.8, 4) is 5.75 Å². The Kier molecular flexibility index (Phi) is 7.09. The van der Waals surface area contributed by atoms with Crippen LogP contribution in [-0.2, 0) is 4.79 Å². The zero-order valence-electron chi connectivity index (χ0n) is 18.6. The highest BCUT2D eigenvalue weighted by molar-refractivity contribution is 6.08. The van der Waals surface area contributed by atoms with E-state index in [9.17, 15) is 9.59 Å². The first kappa shape index (κ1) is 22.2. The number of benzene rings is 3. The quantitative estimate of drug-likeness (QED) is 0.473. The zero-order valence-corrected chi connectivity index (χ0v) is 18.6. The van der Waals surface area contributed by atoms with Gasteiger partial charge in [-0.3, -0.25) is 9.59 Å². The number of amides is 2. The van der Waals surface area contributed by atoms with Gasteiger partial charge >= 0.3 is 0 Å². The van der Waals surface area contributed by atoms with E-state index in [1.165, 1.54) is 18.5 Å². The van der Waals surface area contributed by atoms with Gasteiger partial charge in [-0.05, 0) is 73.5 Å². The topological polar surface area (TPSA) is 82.7 Å². The van der Waals surface area contributed by atoms with Crippen LogP contribution >= 0.6 is 0 Å². The number of methoxy groups -OCH3 is 1. The molecule has 3 aromatic carbocycles. The van der Waals surface area contributed by atoms with E-state index in [-0.39, 0.29) is 18.4 Å². The Hall–Kier alpha value is -4.00. The first-order chi connectivity index (χ1) is 16.1. The van der Waals surface area contributed by atoms with Crippen molar-refractivity contribution in [3.63, 3.8) is 0 Å². The fourth-order valence-corrected chi connectivity index (χ4v) is 3.82. The molecule has 3 N–H and O–H groups in total. The fourth-order valence-electron chi connectivity index (χ4n) is 3.82. The fraction of sp³-hybridized carbons (Fsp3) is 0.231. The van der Waals surface area contributed by atoms with Crippen LogP contribution in [0.5, 0.6) is 5.75 Å². The average Bonchev–Trinajstić information content (AvgIpc) is 3.39. The van der Waals surface area contributed by atoms with Crippen LogP contribution in [0.1, 0.15) is 23.2 Å². The van der Waals surface area contributed by atoms with E-state index in [0.717, 1.165) is 18.8 Å². The van der Waals surface area contributed by atoms with Gasteiger partial charge in [0.2, 0.25) is 5.91 Å². The molecule has 1 saturated heterocycles. The van der Waals surface area contributed by atoms with Crippen molar-refractivity contribution in [2.75, 3.05) is 47.6 Å². The Morgan fingerprint density at radius 2 is 1.48 bits per heavy atom. The lowest BCUT2D eigenvalue weighted by atomic mass is 10.1. The monoisotopic (exact) mass is 444 g/mol. The highest BCUT2D eigenvalue weighted by Crippen LogP contribution is 2.22. The van der Waals surface area contributed by atoms with E-state index in [4.69, 9.17) is 4.74 Å². The van der Waals surface area contributed by atoms with Crippen LogP contribution in [0.4, 0.5) is 22.7 Å². The molecule has 0 aromatic heterocycles. The maximum absolute atomic E-state index is 12.8. The lowest BCUT2D eigenvalue weighted by Crippen LogP contribution is -2.23. The van der Waals surface area contributed by atoms with Gasteiger partial charge < -0.3 is 25.6 Å². The Bertz CT molecular complexity index is 1090. The van der Waals surface area contributed by atoms with Crippen molar-refractivity contribution in [2.45, 2.75) is 12.8 Å². The zero-order chi connectivity index (χ0) is 23.0. The van der Waals surface area contributed by atoms with Crippen LogP contribution in [0, 0.1) is 0 Å². The summed E-state index contributed by atoms with van der Waals surface area (Å²) in [6.45, 7) is 2.21. The maximum atomic E-state index is 12.8. The van der Waals surface area contributed by atoms with Crippen LogP contribution in [0.2, 0.25) is 0 Å². The number of carbonyl (C=O) groups is 2. The molecule has 7 heteroatoms. The van der Waals surface area contributed by atoms with Gasteiger partial charge in [-0.15, -0.1) is 0 Å². The van der Waals surface area contributed by atoms with Crippen molar-refractivity contribution in [3.05, 3.63) is 78.4 Å². The molecule has 4 rings (SSSR count). The summed E-state index contributed by atoms with van der Waals surface area (Å²) in [6, 6.07) is 22.1. The third-order valence-electron chi connectivity index (χ3n) is 5.58. The van der Waals surface area contributed by atoms with Crippen molar-refractivity contribution in [1.29, 1.82) is 0 Å². The first-order valence-electron chi connectivity index (χ1n) is 11.1. The molecular weight excluding hydrogens is 416 g/mol.